The van der Waals surface area contributed by atoms with Crippen molar-refractivity contribution in [1.82, 2.24) is 0 Å². The van der Waals surface area contributed by atoms with Gasteiger partial charge in [-0.3, -0.25) is 0 Å². The lowest BCUT2D eigenvalue weighted by Gasteiger charge is -1.95. The fourth-order valence-electron chi connectivity index (χ4n) is 0.658. The van der Waals surface area contributed by atoms with Crippen molar-refractivity contribution in [3.63, 3.8) is 0 Å². The predicted molar refractivity (Wildman–Crippen MR) is 43.4 cm³/mol. The third-order valence-corrected chi connectivity index (χ3v) is 1.21. The lowest BCUT2D eigenvalue weighted by molar-refractivity contribution is -0.137. The van der Waals surface area contributed by atoms with Crippen molar-refractivity contribution in [3.05, 3.63) is 29.8 Å². The molecule has 1 rings (SSSR count). The molecule has 0 aliphatic rings. The van der Waals surface area contributed by atoms with Crippen LogP contribution in [0.1, 0.15) is 17.8 Å². The Morgan fingerprint density at radius 2 is 1.75 bits per heavy atom. The third kappa shape index (κ3) is 2.25. The molecule has 0 unspecified atom stereocenters. The van der Waals surface area contributed by atoms with Gasteiger partial charge >= 0.3 is 5.97 Å². The largest absolute Gasteiger partial charge is 0.478 e. The van der Waals surface area contributed by atoms with E-state index in [1.165, 1.54) is 24.3 Å². The highest BCUT2D eigenvalue weighted by Crippen LogP contribution is 2.10. The number of hydrogen-bond acceptors (Lipinski definition) is 3. The maximum Gasteiger partial charge on any atom is 0.335 e. The third-order valence-electron chi connectivity index (χ3n) is 1.21. The fourth-order valence-corrected chi connectivity index (χ4v) is 0.658. The van der Waals surface area contributed by atoms with Crippen molar-refractivity contribution >= 4 is 5.97 Å². The number of rotatable bonds is 2. The molecule has 0 saturated heterocycles. The van der Waals surface area contributed by atoms with Gasteiger partial charge in [0.2, 0.25) is 0 Å². The molecule has 1 aromatic carbocycles. The van der Waals surface area contributed by atoms with Gasteiger partial charge in [0, 0.05) is 0 Å². The first-order valence-electron chi connectivity index (χ1n) is 2.89. The van der Waals surface area contributed by atoms with Crippen LogP contribution in [0.4, 0.5) is 0 Å². The zero-order valence-electron chi connectivity index (χ0n) is 5.52. The van der Waals surface area contributed by atoms with Crippen LogP contribution in [0.5, 0.6) is 5.75 Å². The van der Waals surface area contributed by atoms with E-state index in [2.05, 4.69) is 4.89 Å². The van der Waals surface area contributed by atoms with Crippen LogP contribution in [-0.4, -0.2) is 16.3 Å². The second-order valence-corrected chi connectivity index (χ2v) is 1.92. The topological polar surface area (TPSA) is 66.8 Å². The van der Waals surface area contributed by atoms with Crippen LogP contribution in [0.3, 0.4) is 0 Å². The van der Waals surface area contributed by atoms with E-state index in [9.17, 15) is 4.79 Å². The molecule has 0 heterocycles. The summed E-state index contributed by atoms with van der Waals surface area (Å²) in [6, 6.07) is 5.41. The zero-order valence-corrected chi connectivity index (χ0v) is 5.52. The predicted octanol–water partition coefficient (Wildman–Crippen LogP) is 1.87. The molecule has 4 nitrogen and oxygen atoms in total. The highest BCUT2D eigenvalue weighted by Gasteiger charge is 2.00. The van der Waals surface area contributed by atoms with Crippen LogP contribution in [0.15, 0.2) is 24.3 Å². The molecule has 1 aromatic rings. The molecule has 12 heavy (non-hydrogen) atoms. The summed E-state index contributed by atoms with van der Waals surface area (Å²) in [6.07, 6.45) is 0. The molecule has 0 bridgehead atoms. The maximum atomic E-state index is 10.3. The van der Waals surface area contributed by atoms with E-state index in [1.807, 2.05) is 0 Å². The molecule has 0 atom stereocenters. The molecule has 0 fully saturated rings. The van der Waals surface area contributed by atoms with E-state index in [0.717, 1.165) is 0 Å². The van der Waals surface area contributed by atoms with Crippen molar-refractivity contribution < 1.29 is 20.0 Å². The van der Waals surface area contributed by atoms with Crippen LogP contribution >= 0.6 is 0 Å². The summed E-state index contributed by atoms with van der Waals surface area (Å²) in [4.78, 5) is 14.2. The van der Waals surface area contributed by atoms with Crippen LogP contribution < -0.4 is 4.89 Å². The monoisotopic (exact) mass is 170 g/mol. The van der Waals surface area contributed by atoms with E-state index in [4.69, 9.17) is 10.4 Å². The summed E-state index contributed by atoms with van der Waals surface area (Å²) in [6.45, 7) is 0. The highest BCUT2D eigenvalue weighted by molar-refractivity contribution is 5.87. The SMILES string of the molecule is C.O=C(O)c1ccc(OO)cc1. The first-order valence-corrected chi connectivity index (χ1v) is 2.89. The fraction of sp³-hybridized carbons (Fsp3) is 0.125. The summed E-state index contributed by atoms with van der Waals surface area (Å²) < 4.78 is 0. The molecule has 0 aliphatic carbocycles. The molecular weight excluding hydrogens is 160 g/mol. The van der Waals surface area contributed by atoms with E-state index >= 15 is 0 Å². The Morgan fingerprint density at radius 1 is 1.25 bits per heavy atom. The van der Waals surface area contributed by atoms with Gasteiger partial charge in [0.25, 0.3) is 0 Å². The minimum atomic E-state index is -1.01. The number of aromatic carboxylic acids is 1. The first-order chi connectivity index (χ1) is 5.24. The molecule has 4 heteroatoms. The van der Waals surface area contributed by atoms with Crippen LogP contribution in [-0.2, 0) is 0 Å². The van der Waals surface area contributed by atoms with Gasteiger partial charge in [0.15, 0.2) is 5.75 Å². The quantitative estimate of drug-likeness (QED) is 0.525. The Bertz CT molecular complexity index is 252. The van der Waals surface area contributed by atoms with Gasteiger partial charge in [-0.15, -0.1) is 0 Å². The highest BCUT2D eigenvalue weighted by atomic mass is 17.1. The van der Waals surface area contributed by atoms with E-state index in [1.54, 1.807) is 0 Å². The van der Waals surface area contributed by atoms with Crippen LogP contribution in [0, 0.1) is 0 Å². The first kappa shape index (κ1) is 10.4. The van der Waals surface area contributed by atoms with Gasteiger partial charge in [0.1, 0.15) is 0 Å². The molecule has 2 N–H and O–H groups in total. The van der Waals surface area contributed by atoms with Gasteiger partial charge in [-0.1, -0.05) is 7.43 Å². The molecule has 0 spiro atoms. The summed E-state index contributed by atoms with van der Waals surface area (Å²) in [5.74, 6) is -0.788. The van der Waals surface area contributed by atoms with Crippen LogP contribution in [0.25, 0.3) is 0 Å². The second-order valence-electron chi connectivity index (χ2n) is 1.92. The minimum Gasteiger partial charge on any atom is -0.478 e. The van der Waals surface area contributed by atoms with Gasteiger partial charge in [0.05, 0.1) is 5.56 Å². The molecule has 0 radical (unpaired) electrons. The van der Waals surface area contributed by atoms with Crippen molar-refractivity contribution in [3.8, 4) is 5.75 Å². The van der Waals surface area contributed by atoms with Gasteiger partial charge in [-0.2, -0.15) is 0 Å². The minimum absolute atomic E-state index is 0. The number of carboxylic acids is 1. The zero-order chi connectivity index (χ0) is 8.27. The standard InChI is InChI=1S/C7H6O4.CH4/c8-7(9)5-1-3-6(11-10)4-2-5;/h1-4,10H,(H,8,9);1H4. The summed E-state index contributed by atoms with van der Waals surface area (Å²) in [5.41, 5.74) is 0.158. The van der Waals surface area contributed by atoms with Gasteiger partial charge < -0.3 is 9.99 Å². The lowest BCUT2D eigenvalue weighted by Crippen LogP contribution is -1.95. The Morgan fingerprint density at radius 3 is 2.08 bits per heavy atom. The normalized spacial score (nSPS) is 8.42. The molecule has 0 saturated carbocycles. The molecule has 0 amide bonds. The summed E-state index contributed by atoms with van der Waals surface area (Å²) in [5, 5.41) is 16.6. The average molecular weight is 170 g/mol. The maximum absolute atomic E-state index is 10.3. The summed E-state index contributed by atoms with van der Waals surface area (Å²) >= 11 is 0. The smallest absolute Gasteiger partial charge is 0.335 e. The molecule has 0 aliphatic heterocycles. The van der Waals surface area contributed by atoms with E-state index in [0.29, 0.717) is 0 Å². The Kier molecular flexibility index (Phi) is 3.79. The van der Waals surface area contributed by atoms with Crippen LogP contribution in [0.2, 0.25) is 0 Å². The van der Waals surface area contributed by atoms with Crippen molar-refractivity contribution in [2.45, 2.75) is 7.43 Å². The number of benzene rings is 1. The van der Waals surface area contributed by atoms with Crippen molar-refractivity contribution in [2.75, 3.05) is 0 Å². The Labute approximate surface area is 70.0 Å². The molecule has 66 valence electrons. The summed E-state index contributed by atoms with van der Waals surface area (Å²) in [7, 11) is 0. The Balaban J connectivity index is 0.00000121. The number of carboxylic acid groups (broad SMARTS) is 1. The van der Waals surface area contributed by atoms with Gasteiger partial charge in [-0.25, -0.2) is 10.1 Å². The molecule has 0 aromatic heterocycles. The average Bonchev–Trinajstić information content (AvgIpc) is 2.05. The van der Waals surface area contributed by atoms with Crippen molar-refractivity contribution in [2.24, 2.45) is 0 Å². The second kappa shape index (κ2) is 4.35. The molecular formula is C8H10O4. The number of hydrogen-bond donors (Lipinski definition) is 2. The van der Waals surface area contributed by atoms with Gasteiger partial charge in [-0.05, 0) is 24.3 Å². The van der Waals surface area contributed by atoms with E-state index in [-0.39, 0.29) is 18.7 Å². The Hall–Kier alpha value is -1.55. The lowest BCUT2D eigenvalue weighted by atomic mass is 10.2. The van der Waals surface area contributed by atoms with Crippen molar-refractivity contribution in [1.29, 1.82) is 0 Å². The number of carbonyl (C=O) groups is 1. The van der Waals surface area contributed by atoms with E-state index < -0.39 is 5.97 Å².